The molecule has 0 heterocycles. The van der Waals surface area contributed by atoms with Crippen molar-refractivity contribution in [3.63, 3.8) is 0 Å². The van der Waals surface area contributed by atoms with Gasteiger partial charge in [-0.3, -0.25) is 0 Å². The van der Waals surface area contributed by atoms with Crippen molar-refractivity contribution in [1.82, 2.24) is 4.31 Å². The van der Waals surface area contributed by atoms with Crippen molar-refractivity contribution in [1.29, 1.82) is 0 Å². The van der Waals surface area contributed by atoms with Gasteiger partial charge in [-0.1, -0.05) is 6.07 Å². The Bertz CT molecular complexity index is 620. The number of nitrogens with zero attached hydrogens (tertiary/aromatic N) is 1. The molecule has 8 nitrogen and oxygen atoms in total. The summed E-state index contributed by atoms with van der Waals surface area (Å²) in [5.41, 5.74) is 4.24. The van der Waals surface area contributed by atoms with Crippen molar-refractivity contribution >= 4 is 16.3 Å². The molecule has 1 aromatic rings. The van der Waals surface area contributed by atoms with Gasteiger partial charge in [-0.2, -0.15) is 12.7 Å². The Morgan fingerprint density at radius 3 is 2.50 bits per heavy atom. The highest BCUT2D eigenvalue weighted by atomic mass is 35.5. The van der Waals surface area contributed by atoms with Crippen LogP contribution >= 0.6 is 0 Å². The van der Waals surface area contributed by atoms with Crippen LogP contribution in [0.5, 0.6) is 11.5 Å². The first-order chi connectivity index (χ1) is 9.67. The van der Waals surface area contributed by atoms with Crippen LogP contribution in [0.3, 0.4) is 0 Å². The molecule has 0 fully saturated rings. The molecule has 0 radical (unpaired) electrons. The van der Waals surface area contributed by atoms with Crippen LogP contribution in [-0.2, 0) is 26.3 Å². The quantitative estimate of drug-likeness (QED) is 0.501. The number of rotatable bonds is 6. The van der Waals surface area contributed by atoms with Gasteiger partial charge in [0.2, 0.25) is 0 Å². The van der Waals surface area contributed by atoms with Crippen molar-refractivity contribution in [2.24, 2.45) is 0 Å². The molecular formula is C12H19ClN2O6S. The summed E-state index contributed by atoms with van der Waals surface area (Å²) in [6, 6.07) is 3.54. The normalized spacial score (nSPS) is 12.4. The summed E-state index contributed by atoms with van der Waals surface area (Å²) in [7, 11) is -0.104. The van der Waals surface area contributed by atoms with E-state index in [1.165, 1.54) is 33.3 Å². The number of aromatic hydroxyl groups is 1. The second kappa shape index (κ2) is 8.18. The van der Waals surface area contributed by atoms with Gasteiger partial charge in [0.25, 0.3) is 0 Å². The molecule has 0 amide bonds. The lowest BCUT2D eigenvalue weighted by molar-refractivity contribution is -0.407. The zero-order valence-corrected chi connectivity index (χ0v) is 14.0. The number of halogens is 1. The molecule has 22 heavy (non-hydrogen) atoms. The van der Waals surface area contributed by atoms with Crippen LogP contribution in [0.4, 0.5) is 0 Å². The van der Waals surface area contributed by atoms with Gasteiger partial charge < -0.3 is 32.2 Å². The molecule has 0 saturated heterocycles. The lowest BCUT2D eigenvalue weighted by atomic mass is 10.1. The molecule has 4 N–H and O–H groups in total. The fraction of sp³-hybridized carbons (Fsp3) is 0.417. The van der Waals surface area contributed by atoms with Crippen LogP contribution in [0.1, 0.15) is 5.56 Å². The minimum atomic E-state index is -3.97. The number of hydrogen-bond acceptors (Lipinski definition) is 6. The summed E-state index contributed by atoms with van der Waals surface area (Å²) in [4.78, 5) is 11.3. The van der Waals surface area contributed by atoms with Gasteiger partial charge in [-0.25, -0.2) is 4.79 Å². The van der Waals surface area contributed by atoms with E-state index in [2.05, 4.69) is 10.5 Å². The molecule has 0 spiro atoms. The molecule has 1 atom stereocenters. The molecule has 10 heteroatoms. The van der Waals surface area contributed by atoms with Crippen LogP contribution in [0.25, 0.3) is 0 Å². The van der Waals surface area contributed by atoms with Crippen molar-refractivity contribution < 1.29 is 45.4 Å². The predicted molar refractivity (Wildman–Crippen MR) is 73.7 cm³/mol. The van der Waals surface area contributed by atoms with Gasteiger partial charge in [-0.05, 0) is 17.7 Å². The zero-order valence-electron chi connectivity index (χ0n) is 12.4. The minimum Gasteiger partial charge on any atom is -1.00 e. The monoisotopic (exact) mass is 354 g/mol. The maximum absolute atomic E-state index is 11.6. The number of phenolic OH excluding ortho intramolecular Hbond substituents is 1. The first-order valence-electron chi connectivity index (χ1n) is 6.02. The van der Waals surface area contributed by atoms with E-state index < -0.39 is 22.3 Å². The average molecular weight is 355 g/mol. The van der Waals surface area contributed by atoms with Gasteiger partial charge >= 0.3 is 16.3 Å². The smallest absolute Gasteiger partial charge is 0.384 e. The fourth-order valence-electron chi connectivity index (χ4n) is 1.47. The Hall–Kier alpha value is -1.55. The SMILES string of the molecule is COC(=O)[C@@H]([NH3+])Cc1ccc(O)c(OS(=O)(=O)N(C)C)c1.[Cl-]. The van der Waals surface area contributed by atoms with Gasteiger partial charge in [-0.15, -0.1) is 0 Å². The Balaban J connectivity index is 0.00000441. The summed E-state index contributed by atoms with van der Waals surface area (Å²) in [6.45, 7) is 0. The largest absolute Gasteiger partial charge is 1.00 e. The first kappa shape index (κ1) is 20.5. The highest BCUT2D eigenvalue weighted by Gasteiger charge is 2.21. The summed E-state index contributed by atoms with van der Waals surface area (Å²) in [6.07, 6.45) is 0.228. The van der Waals surface area contributed by atoms with Crippen molar-refractivity contribution in [3.05, 3.63) is 23.8 Å². The lowest BCUT2D eigenvalue weighted by Gasteiger charge is -2.14. The van der Waals surface area contributed by atoms with Gasteiger partial charge in [0.15, 0.2) is 17.5 Å². The van der Waals surface area contributed by atoms with Gasteiger partial charge in [0.05, 0.1) is 7.11 Å². The number of carbonyl (C=O) groups is 1. The van der Waals surface area contributed by atoms with E-state index in [1.54, 1.807) is 6.07 Å². The number of ether oxygens (including phenoxy) is 1. The number of esters is 1. The molecule has 1 rings (SSSR count). The summed E-state index contributed by atoms with van der Waals surface area (Å²) < 4.78 is 33.5. The number of carbonyl (C=O) groups excluding carboxylic acids is 1. The van der Waals surface area contributed by atoms with Gasteiger partial charge in [0.1, 0.15) is 0 Å². The summed E-state index contributed by atoms with van der Waals surface area (Å²) >= 11 is 0. The topological polar surface area (TPSA) is 121 Å². The van der Waals surface area contributed by atoms with Crippen LogP contribution in [0.2, 0.25) is 0 Å². The third-order valence-corrected chi connectivity index (χ3v) is 3.97. The van der Waals surface area contributed by atoms with Crippen molar-refractivity contribution in [3.8, 4) is 11.5 Å². The molecule has 0 aliphatic carbocycles. The molecule has 0 aliphatic rings. The number of benzene rings is 1. The van der Waals surface area contributed by atoms with E-state index in [9.17, 15) is 18.3 Å². The van der Waals surface area contributed by atoms with E-state index in [4.69, 9.17) is 4.18 Å². The Kier molecular flexibility index (Phi) is 7.60. The number of quaternary nitrogens is 1. The number of phenols is 1. The summed E-state index contributed by atoms with van der Waals surface area (Å²) in [5.74, 6) is -1.01. The van der Waals surface area contributed by atoms with E-state index >= 15 is 0 Å². The van der Waals surface area contributed by atoms with E-state index in [-0.39, 0.29) is 30.3 Å². The predicted octanol–water partition coefficient (Wildman–Crippen LogP) is -4.09. The average Bonchev–Trinajstić information content (AvgIpc) is 2.41. The first-order valence-corrected chi connectivity index (χ1v) is 7.38. The maximum Gasteiger partial charge on any atom is 0.384 e. The molecule has 126 valence electrons. The van der Waals surface area contributed by atoms with Crippen LogP contribution < -0.4 is 22.3 Å². The van der Waals surface area contributed by atoms with Crippen molar-refractivity contribution in [2.75, 3.05) is 21.2 Å². The fourth-order valence-corrected chi connectivity index (χ4v) is 1.98. The number of methoxy groups -OCH3 is 1. The van der Waals surface area contributed by atoms with Crippen molar-refractivity contribution in [2.45, 2.75) is 12.5 Å². The Morgan fingerprint density at radius 2 is 2.00 bits per heavy atom. The Morgan fingerprint density at radius 1 is 1.41 bits per heavy atom. The molecule has 1 aromatic carbocycles. The third-order valence-electron chi connectivity index (χ3n) is 2.68. The molecule has 0 unspecified atom stereocenters. The maximum atomic E-state index is 11.6. The van der Waals surface area contributed by atoms with E-state index in [0.717, 1.165) is 4.31 Å². The third kappa shape index (κ3) is 5.34. The molecule has 0 aromatic heterocycles. The van der Waals surface area contributed by atoms with E-state index in [0.29, 0.717) is 5.56 Å². The second-order valence-electron chi connectivity index (χ2n) is 4.55. The standard InChI is InChI=1S/C12H18N2O6S.ClH/c1-14(2)21(17,18)20-11-7-8(4-5-10(11)15)6-9(13)12(16)19-3;/h4-5,7,9,15H,6,13H2,1-3H3;1H/t9-;/m0./s1. The van der Waals surface area contributed by atoms with Crippen LogP contribution in [0.15, 0.2) is 18.2 Å². The van der Waals surface area contributed by atoms with Crippen LogP contribution in [-0.4, -0.2) is 51.0 Å². The Labute approximate surface area is 135 Å². The van der Waals surface area contributed by atoms with Gasteiger partial charge in [0, 0.05) is 20.5 Å². The number of hydrogen-bond donors (Lipinski definition) is 2. The second-order valence-corrected chi connectivity index (χ2v) is 6.30. The molecule has 0 aliphatic heterocycles. The molecular weight excluding hydrogens is 336 g/mol. The highest BCUT2D eigenvalue weighted by molar-refractivity contribution is 7.84. The molecule has 0 saturated carbocycles. The lowest BCUT2D eigenvalue weighted by Crippen LogP contribution is -3.00. The highest BCUT2D eigenvalue weighted by Crippen LogP contribution is 2.28. The zero-order chi connectivity index (χ0) is 16.2. The van der Waals surface area contributed by atoms with Crippen LogP contribution in [0, 0.1) is 0 Å². The molecule has 0 bridgehead atoms. The summed E-state index contributed by atoms with van der Waals surface area (Å²) in [5, 5.41) is 9.65. The van der Waals surface area contributed by atoms with E-state index in [1.807, 2.05) is 0 Å². The minimum absolute atomic E-state index is 0.